The van der Waals surface area contributed by atoms with Gasteiger partial charge in [-0.3, -0.25) is 14.9 Å². The van der Waals surface area contributed by atoms with Crippen LogP contribution >= 0.6 is 11.8 Å². The van der Waals surface area contributed by atoms with Gasteiger partial charge in [0.05, 0.1) is 17.3 Å². The first kappa shape index (κ1) is 23.0. The summed E-state index contributed by atoms with van der Waals surface area (Å²) in [6.07, 6.45) is 1.64. The Hall–Kier alpha value is -2.63. The number of sulfonamides is 1. The van der Waals surface area contributed by atoms with Crippen LogP contribution in [0.1, 0.15) is 19.8 Å². The highest BCUT2D eigenvalue weighted by Gasteiger charge is 2.30. The number of rotatable bonds is 9. The maximum Gasteiger partial charge on any atom is 0.269 e. The molecule has 2 aromatic carbocycles. The summed E-state index contributed by atoms with van der Waals surface area (Å²) < 4.78 is 33.0. The molecule has 31 heavy (non-hydrogen) atoms. The van der Waals surface area contributed by atoms with Gasteiger partial charge in [-0.25, -0.2) is 8.42 Å². The van der Waals surface area contributed by atoms with Gasteiger partial charge in [0.15, 0.2) is 0 Å². The van der Waals surface area contributed by atoms with E-state index in [0.29, 0.717) is 30.3 Å². The second-order valence-electron chi connectivity index (χ2n) is 6.79. The van der Waals surface area contributed by atoms with Crippen molar-refractivity contribution in [2.24, 2.45) is 0 Å². The minimum absolute atomic E-state index is 0.0186. The Morgan fingerprint density at radius 2 is 1.87 bits per heavy atom. The normalized spacial score (nSPS) is 14.4. The number of nitro groups is 1. The topological polar surface area (TPSA) is 119 Å². The smallest absolute Gasteiger partial charge is 0.269 e. The van der Waals surface area contributed by atoms with Crippen LogP contribution in [0.15, 0.2) is 52.3 Å². The van der Waals surface area contributed by atoms with Crippen LogP contribution in [0.3, 0.4) is 0 Å². The lowest BCUT2D eigenvalue weighted by molar-refractivity contribution is -0.384. The van der Waals surface area contributed by atoms with E-state index >= 15 is 0 Å². The summed E-state index contributed by atoms with van der Waals surface area (Å²) in [6.45, 7) is 3.03. The van der Waals surface area contributed by atoms with E-state index in [1.54, 1.807) is 31.2 Å². The molecule has 1 fully saturated rings. The van der Waals surface area contributed by atoms with Crippen molar-refractivity contribution < 1.29 is 22.9 Å². The maximum atomic E-state index is 13.0. The van der Waals surface area contributed by atoms with Gasteiger partial charge in [-0.15, -0.1) is 11.8 Å². The molecular weight excluding hydrogens is 442 g/mol. The molecule has 0 unspecified atom stereocenters. The first-order valence-corrected chi connectivity index (χ1v) is 12.2. The number of carbonyl (C=O) groups excluding carboxylic acids is 1. The zero-order valence-electron chi connectivity index (χ0n) is 16.9. The number of hydrogen-bond acceptors (Lipinski definition) is 7. The summed E-state index contributed by atoms with van der Waals surface area (Å²) in [5.41, 5.74) is 0.338. The molecule has 0 aromatic heterocycles. The Labute approximate surface area is 185 Å². The minimum atomic E-state index is -3.72. The third-order valence-electron chi connectivity index (χ3n) is 4.63. The lowest BCUT2D eigenvalue weighted by Gasteiger charge is -2.19. The molecular formula is C20H23N3O6S2. The molecule has 1 N–H and O–H groups in total. The van der Waals surface area contributed by atoms with Gasteiger partial charge in [-0.05, 0) is 50.1 Å². The zero-order chi connectivity index (χ0) is 22.4. The number of nitrogens with zero attached hydrogens (tertiary/aromatic N) is 2. The maximum absolute atomic E-state index is 13.0. The number of carbonyl (C=O) groups is 1. The van der Waals surface area contributed by atoms with Crippen molar-refractivity contribution in [1.82, 2.24) is 4.31 Å². The molecule has 3 rings (SSSR count). The van der Waals surface area contributed by atoms with Crippen molar-refractivity contribution in [3.63, 3.8) is 0 Å². The summed E-state index contributed by atoms with van der Waals surface area (Å²) in [5, 5.41) is 13.4. The lowest BCUT2D eigenvalue weighted by atomic mass is 10.3. The Morgan fingerprint density at radius 1 is 1.19 bits per heavy atom. The molecule has 0 atom stereocenters. The fourth-order valence-corrected chi connectivity index (χ4v) is 5.51. The predicted octanol–water partition coefficient (Wildman–Crippen LogP) is 3.51. The van der Waals surface area contributed by atoms with Crippen LogP contribution in [0.25, 0.3) is 0 Å². The largest absolute Gasteiger partial charge is 0.492 e. The predicted molar refractivity (Wildman–Crippen MR) is 118 cm³/mol. The van der Waals surface area contributed by atoms with Gasteiger partial charge in [0, 0.05) is 35.8 Å². The summed E-state index contributed by atoms with van der Waals surface area (Å²) in [7, 11) is -3.72. The van der Waals surface area contributed by atoms with Crippen LogP contribution < -0.4 is 10.1 Å². The number of amides is 1. The van der Waals surface area contributed by atoms with E-state index in [0.717, 1.165) is 12.8 Å². The number of nitrogens with one attached hydrogen (secondary N) is 1. The van der Waals surface area contributed by atoms with Gasteiger partial charge in [0.25, 0.3) is 5.69 Å². The first-order valence-electron chi connectivity index (χ1n) is 9.75. The molecule has 1 saturated heterocycles. The van der Waals surface area contributed by atoms with Gasteiger partial charge >= 0.3 is 0 Å². The molecule has 0 spiro atoms. The number of anilines is 1. The summed E-state index contributed by atoms with van der Waals surface area (Å²) in [5.74, 6) is 0.00358. The first-order chi connectivity index (χ1) is 14.8. The van der Waals surface area contributed by atoms with Gasteiger partial charge in [0.1, 0.15) is 10.6 Å². The fourth-order valence-electron chi connectivity index (χ4n) is 3.14. The van der Waals surface area contributed by atoms with Crippen LogP contribution in [0, 0.1) is 10.1 Å². The van der Waals surface area contributed by atoms with E-state index in [-0.39, 0.29) is 28.0 Å². The van der Waals surface area contributed by atoms with Gasteiger partial charge in [0.2, 0.25) is 15.9 Å². The molecule has 0 saturated carbocycles. The Morgan fingerprint density at radius 3 is 2.48 bits per heavy atom. The molecule has 2 aromatic rings. The van der Waals surface area contributed by atoms with Gasteiger partial charge < -0.3 is 10.1 Å². The molecule has 1 aliphatic rings. The molecule has 1 heterocycles. The van der Waals surface area contributed by atoms with Crippen molar-refractivity contribution in [3.8, 4) is 5.75 Å². The molecule has 0 bridgehead atoms. The van der Waals surface area contributed by atoms with E-state index in [1.165, 1.54) is 34.3 Å². The van der Waals surface area contributed by atoms with Crippen molar-refractivity contribution in [1.29, 1.82) is 0 Å². The molecule has 0 radical (unpaired) electrons. The van der Waals surface area contributed by atoms with E-state index in [4.69, 9.17) is 4.74 Å². The van der Waals surface area contributed by atoms with E-state index in [1.807, 2.05) is 0 Å². The summed E-state index contributed by atoms with van der Waals surface area (Å²) in [4.78, 5) is 23.3. The highest BCUT2D eigenvalue weighted by Crippen LogP contribution is 2.32. The molecule has 1 amide bonds. The molecule has 0 aliphatic carbocycles. The average molecular weight is 466 g/mol. The number of non-ortho nitro benzene ring substituents is 1. The standard InChI is InChI=1S/C20H23N3O6S2/c1-2-29-18-10-5-15(13-19(18)31(27,28)22-11-3-4-12-22)21-20(24)14-30-17-8-6-16(7-9-17)23(25)26/h5-10,13H,2-4,11-12,14H2,1H3,(H,21,24). The third-order valence-corrected chi connectivity index (χ3v) is 7.56. The number of hydrogen-bond donors (Lipinski definition) is 1. The Bertz CT molecular complexity index is 1050. The van der Waals surface area contributed by atoms with Crippen LogP contribution in [0.2, 0.25) is 0 Å². The van der Waals surface area contributed by atoms with Crippen LogP contribution in [-0.2, 0) is 14.8 Å². The number of ether oxygens (including phenoxy) is 1. The molecule has 166 valence electrons. The van der Waals surface area contributed by atoms with Gasteiger partial charge in [-0.2, -0.15) is 4.31 Å². The van der Waals surface area contributed by atoms with Crippen LogP contribution in [0.5, 0.6) is 5.75 Å². The van der Waals surface area contributed by atoms with Gasteiger partial charge in [-0.1, -0.05) is 0 Å². The second kappa shape index (κ2) is 10.1. The lowest BCUT2D eigenvalue weighted by Crippen LogP contribution is -2.28. The van der Waals surface area contributed by atoms with E-state index in [2.05, 4.69) is 5.32 Å². The fraction of sp³-hybridized carbons (Fsp3) is 0.350. The highest BCUT2D eigenvalue weighted by atomic mass is 32.2. The third kappa shape index (κ3) is 5.75. The molecule has 9 nitrogen and oxygen atoms in total. The van der Waals surface area contributed by atoms with E-state index in [9.17, 15) is 23.3 Å². The second-order valence-corrected chi connectivity index (χ2v) is 9.75. The molecule has 11 heteroatoms. The van der Waals surface area contributed by atoms with Crippen molar-refractivity contribution in [2.45, 2.75) is 29.6 Å². The molecule has 1 aliphatic heterocycles. The number of nitro benzene ring substituents is 1. The Balaban J connectivity index is 1.70. The van der Waals surface area contributed by atoms with Crippen molar-refractivity contribution in [2.75, 3.05) is 30.8 Å². The zero-order valence-corrected chi connectivity index (χ0v) is 18.6. The van der Waals surface area contributed by atoms with Crippen molar-refractivity contribution in [3.05, 3.63) is 52.6 Å². The number of thioether (sulfide) groups is 1. The summed E-state index contributed by atoms with van der Waals surface area (Å²) >= 11 is 1.22. The minimum Gasteiger partial charge on any atom is -0.492 e. The van der Waals surface area contributed by atoms with Crippen LogP contribution in [-0.4, -0.2) is 49.0 Å². The highest BCUT2D eigenvalue weighted by molar-refractivity contribution is 8.00. The summed E-state index contributed by atoms with van der Waals surface area (Å²) in [6, 6.07) is 10.5. The average Bonchev–Trinajstić information content (AvgIpc) is 3.29. The monoisotopic (exact) mass is 465 g/mol. The van der Waals surface area contributed by atoms with Crippen LogP contribution in [0.4, 0.5) is 11.4 Å². The Kier molecular flexibility index (Phi) is 7.52. The quantitative estimate of drug-likeness (QED) is 0.342. The van der Waals surface area contributed by atoms with Crippen molar-refractivity contribution >= 4 is 39.1 Å². The van der Waals surface area contributed by atoms with E-state index < -0.39 is 14.9 Å². The number of benzene rings is 2. The SMILES string of the molecule is CCOc1ccc(NC(=O)CSc2ccc([N+](=O)[O-])cc2)cc1S(=O)(=O)N1CCCC1.